The molecule has 2 rings (SSSR count). The van der Waals surface area contributed by atoms with Crippen LogP contribution in [0.25, 0.3) is 0 Å². The molecule has 1 aliphatic heterocycles. The fourth-order valence-electron chi connectivity index (χ4n) is 3.58. The van der Waals surface area contributed by atoms with Crippen molar-refractivity contribution >= 4 is 35.8 Å². The standard InChI is InChI=1S/C22H33F3N4O2.HI/c1-4-18(29-12-6-7-20(29)30)10-11-27-21(26-5-2)28-14-17-9-8-16(3)13-19(17)31-15-22(23,24)25;/h8-9,13,18H,4-7,10-12,14-15H2,1-3H3,(H2,26,27,28);1H. The molecule has 1 heterocycles. The Bertz CT molecular complexity index is 759. The van der Waals surface area contributed by atoms with E-state index in [2.05, 4.69) is 22.5 Å². The maximum atomic E-state index is 12.6. The van der Waals surface area contributed by atoms with Crippen LogP contribution in [0, 0.1) is 6.92 Å². The van der Waals surface area contributed by atoms with Crippen molar-refractivity contribution in [2.75, 3.05) is 26.2 Å². The molecule has 0 aromatic heterocycles. The number of carbonyl (C=O) groups is 1. The van der Waals surface area contributed by atoms with Crippen LogP contribution in [0.3, 0.4) is 0 Å². The van der Waals surface area contributed by atoms with Gasteiger partial charge < -0.3 is 20.3 Å². The molecule has 1 amide bonds. The largest absolute Gasteiger partial charge is 0.484 e. The molecule has 1 unspecified atom stereocenters. The Balaban J connectivity index is 0.00000512. The first-order valence-corrected chi connectivity index (χ1v) is 10.8. The van der Waals surface area contributed by atoms with Crippen LogP contribution in [0.4, 0.5) is 13.2 Å². The highest BCUT2D eigenvalue weighted by atomic mass is 127. The molecule has 10 heteroatoms. The minimum Gasteiger partial charge on any atom is -0.484 e. The summed E-state index contributed by atoms with van der Waals surface area (Å²) in [4.78, 5) is 18.5. The van der Waals surface area contributed by atoms with Gasteiger partial charge in [0.2, 0.25) is 5.91 Å². The van der Waals surface area contributed by atoms with E-state index in [0.717, 1.165) is 31.4 Å². The van der Waals surface area contributed by atoms with Crippen LogP contribution in [0.1, 0.15) is 50.7 Å². The first-order chi connectivity index (χ1) is 14.7. The molecular weight excluding hydrogens is 536 g/mol. The number of aryl methyl sites for hydroxylation is 1. The van der Waals surface area contributed by atoms with E-state index in [0.29, 0.717) is 31.0 Å². The number of hydrogen-bond acceptors (Lipinski definition) is 3. The van der Waals surface area contributed by atoms with E-state index in [4.69, 9.17) is 4.74 Å². The number of alkyl halides is 3. The number of nitrogens with zero attached hydrogens (tertiary/aromatic N) is 2. The van der Waals surface area contributed by atoms with E-state index in [1.165, 1.54) is 0 Å². The molecule has 0 aliphatic carbocycles. The van der Waals surface area contributed by atoms with Crippen molar-refractivity contribution in [2.45, 2.75) is 65.2 Å². The summed E-state index contributed by atoms with van der Waals surface area (Å²) in [6.45, 7) is 6.78. The van der Waals surface area contributed by atoms with E-state index in [1.54, 1.807) is 19.1 Å². The minimum absolute atomic E-state index is 0. The molecule has 0 radical (unpaired) electrons. The molecule has 32 heavy (non-hydrogen) atoms. The van der Waals surface area contributed by atoms with E-state index >= 15 is 0 Å². The maximum absolute atomic E-state index is 12.6. The zero-order chi connectivity index (χ0) is 22.9. The number of aliphatic imine (C=N–C) groups is 1. The highest BCUT2D eigenvalue weighted by molar-refractivity contribution is 14.0. The average Bonchev–Trinajstić information content (AvgIpc) is 3.13. The van der Waals surface area contributed by atoms with Crippen LogP contribution in [-0.4, -0.2) is 55.2 Å². The molecule has 1 aliphatic rings. The molecule has 6 nitrogen and oxygen atoms in total. The van der Waals surface area contributed by atoms with Crippen molar-refractivity contribution in [1.29, 1.82) is 0 Å². The topological polar surface area (TPSA) is 66.0 Å². The number of carbonyl (C=O) groups excluding carboxylic acids is 1. The van der Waals surface area contributed by atoms with Crippen molar-refractivity contribution in [1.82, 2.24) is 15.5 Å². The second-order valence-electron chi connectivity index (χ2n) is 7.68. The van der Waals surface area contributed by atoms with Gasteiger partial charge in [-0.25, -0.2) is 4.99 Å². The molecule has 1 saturated heterocycles. The number of guanidine groups is 1. The predicted octanol–water partition coefficient (Wildman–Crippen LogP) is 4.40. The van der Waals surface area contributed by atoms with Gasteiger partial charge in [-0.05, 0) is 44.7 Å². The fraction of sp³-hybridized carbons (Fsp3) is 0.636. The quantitative estimate of drug-likeness (QED) is 0.249. The molecule has 1 aromatic rings. The van der Waals surface area contributed by atoms with Crippen molar-refractivity contribution < 1.29 is 22.7 Å². The second kappa shape index (κ2) is 13.7. The maximum Gasteiger partial charge on any atom is 0.422 e. The molecular formula is C22H34F3IN4O2. The van der Waals surface area contributed by atoms with E-state index in [1.807, 2.05) is 17.9 Å². The third kappa shape index (κ3) is 9.41. The summed E-state index contributed by atoms with van der Waals surface area (Å²) in [6.07, 6.45) is -1.15. The summed E-state index contributed by atoms with van der Waals surface area (Å²) in [5.74, 6) is 0.987. The van der Waals surface area contributed by atoms with Gasteiger partial charge in [0.25, 0.3) is 0 Å². The van der Waals surface area contributed by atoms with Gasteiger partial charge in [0, 0.05) is 37.7 Å². The van der Waals surface area contributed by atoms with E-state index in [-0.39, 0.29) is 48.2 Å². The SMILES string of the molecule is CCNC(=NCc1ccc(C)cc1OCC(F)(F)F)NCCC(CC)N1CCCC1=O.I. The van der Waals surface area contributed by atoms with Crippen LogP contribution in [0.5, 0.6) is 5.75 Å². The van der Waals surface area contributed by atoms with Crippen molar-refractivity contribution in [3.63, 3.8) is 0 Å². The zero-order valence-corrected chi connectivity index (χ0v) is 21.3. The smallest absolute Gasteiger partial charge is 0.422 e. The fourth-order valence-corrected chi connectivity index (χ4v) is 3.58. The van der Waals surface area contributed by atoms with Gasteiger partial charge in [-0.3, -0.25) is 4.79 Å². The predicted molar refractivity (Wildman–Crippen MR) is 131 cm³/mol. The lowest BCUT2D eigenvalue weighted by Gasteiger charge is -2.27. The first-order valence-electron chi connectivity index (χ1n) is 10.8. The summed E-state index contributed by atoms with van der Waals surface area (Å²) in [7, 11) is 0. The van der Waals surface area contributed by atoms with Gasteiger partial charge in [-0.1, -0.05) is 19.1 Å². The number of nitrogens with one attached hydrogen (secondary N) is 2. The summed E-state index contributed by atoms with van der Waals surface area (Å²) in [5.41, 5.74) is 1.40. The Labute approximate surface area is 205 Å². The Kier molecular flexibility index (Phi) is 12.2. The summed E-state index contributed by atoms with van der Waals surface area (Å²) >= 11 is 0. The van der Waals surface area contributed by atoms with Gasteiger partial charge in [0.1, 0.15) is 5.75 Å². The van der Waals surface area contributed by atoms with Gasteiger partial charge in [-0.15, -0.1) is 24.0 Å². The van der Waals surface area contributed by atoms with Crippen LogP contribution in [0.15, 0.2) is 23.2 Å². The van der Waals surface area contributed by atoms with Gasteiger partial charge in [0.05, 0.1) is 6.54 Å². The van der Waals surface area contributed by atoms with Crippen LogP contribution in [-0.2, 0) is 11.3 Å². The highest BCUT2D eigenvalue weighted by Crippen LogP contribution is 2.24. The molecule has 0 spiro atoms. The molecule has 1 fully saturated rings. The molecule has 0 saturated carbocycles. The Morgan fingerprint density at radius 1 is 1.28 bits per heavy atom. The highest BCUT2D eigenvalue weighted by Gasteiger charge is 2.29. The number of halogens is 4. The van der Waals surface area contributed by atoms with Crippen molar-refractivity contribution in [2.24, 2.45) is 4.99 Å². The Hall–Kier alpha value is -1.72. The summed E-state index contributed by atoms with van der Waals surface area (Å²) in [6, 6.07) is 5.35. The Morgan fingerprint density at radius 3 is 2.62 bits per heavy atom. The number of rotatable bonds is 10. The van der Waals surface area contributed by atoms with Gasteiger partial charge in [0.15, 0.2) is 12.6 Å². The average molecular weight is 570 g/mol. The minimum atomic E-state index is -4.40. The first kappa shape index (κ1) is 28.3. The summed E-state index contributed by atoms with van der Waals surface area (Å²) in [5, 5.41) is 6.41. The van der Waals surface area contributed by atoms with Crippen molar-refractivity contribution in [3.8, 4) is 5.75 Å². The number of hydrogen-bond donors (Lipinski definition) is 2. The zero-order valence-electron chi connectivity index (χ0n) is 18.9. The van der Waals surface area contributed by atoms with Crippen molar-refractivity contribution in [3.05, 3.63) is 29.3 Å². The third-order valence-corrected chi connectivity index (χ3v) is 5.16. The second-order valence-corrected chi connectivity index (χ2v) is 7.68. The molecule has 1 atom stereocenters. The number of benzene rings is 1. The van der Waals surface area contributed by atoms with Gasteiger partial charge >= 0.3 is 6.18 Å². The lowest BCUT2D eigenvalue weighted by molar-refractivity contribution is -0.153. The molecule has 2 N–H and O–H groups in total. The normalized spacial score (nSPS) is 15.4. The number of amides is 1. The number of likely N-dealkylation sites (tertiary alicyclic amines) is 1. The number of ether oxygens (including phenoxy) is 1. The monoisotopic (exact) mass is 570 g/mol. The van der Waals surface area contributed by atoms with Crippen LogP contribution in [0.2, 0.25) is 0 Å². The molecule has 1 aromatic carbocycles. The Morgan fingerprint density at radius 2 is 2.03 bits per heavy atom. The summed E-state index contributed by atoms with van der Waals surface area (Å²) < 4.78 is 42.7. The molecule has 182 valence electrons. The van der Waals surface area contributed by atoms with Crippen LogP contribution >= 0.6 is 24.0 Å². The lowest BCUT2D eigenvalue weighted by Crippen LogP contribution is -2.42. The van der Waals surface area contributed by atoms with Crippen LogP contribution < -0.4 is 15.4 Å². The van der Waals surface area contributed by atoms with E-state index < -0.39 is 12.8 Å². The van der Waals surface area contributed by atoms with E-state index in [9.17, 15) is 18.0 Å². The van der Waals surface area contributed by atoms with Gasteiger partial charge in [-0.2, -0.15) is 13.2 Å². The molecule has 0 bridgehead atoms. The lowest BCUT2D eigenvalue weighted by atomic mass is 10.1. The third-order valence-electron chi connectivity index (χ3n) is 5.16.